The molecule has 2 unspecified atom stereocenters. The van der Waals surface area contributed by atoms with Crippen LogP contribution in [0.5, 0.6) is 5.75 Å². The largest absolute Gasteiger partial charge is 0.489 e. The minimum absolute atomic E-state index is 0.171. The highest BCUT2D eigenvalue weighted by Gasteiger charge is 2.52. The zero-order chi connectivity index (χ0) is 14.2. The summed E-state index contributed by atoms with van der Waals surface area (Å²) in [5, 5.41) is 0. The average molecular weight is 261 g/mol. The third-order valence-electron chi connectivity index (χ3n) is 5.20. The van der Waals surface area contributed by atoms with Crippen molar-refractivity contribution in [3.05, 3.63) is 28.8 Å². The Kier molecular flexibility index (Phi) is 3.91. The molecule has 1 aliphatic rings. The second-order valence-electron chi connectivity index (χ2n) is 6.09. The lowest BCUT2D eigenvalue weighted by Crippen LogP contribution is -2.63. The van der Waals surface area contributed by atoms with E-state index in [0.29, 0.717) is 6.04 Å². The first-order valence-corrected chi connectivity index (χ1v) is 7.44. The molecule has 0 spiro atoms. The number of hydrogen-bond donors (Lipinski definition) is 1. The van der Waals surface area contributed by atoms with Gasteiger partial charge in [0.2, 0.25) is 0 Å². The molecular formula is C17H27NO. The Morgan fingerprint density at radius 1 is 1.21 bits per heavy atom. The summed E-state index contributed by atoms with van der Waals surface area (Å²) in [4.78, 5) is 0. The van der Waals surface area contributed by atoms with Crippen molar-refractivity contribution in [2.45, 2.75) is 66.0 Å². The summed E-state index contributed by atoms with van der Waals surface area (Å²) < 4.78 is 6.33. The molecule has 0 heterocycles. The first kappa shape index (κ1) is 14.4. The summed E-state index contributed by atoms with van der Waals surface area (Å²) in [5.41, 5.74) is 10.2. The third-order valence-corrected chi connectivity index (χ3v) is 5.20. The van der Waals surface area contributed by atoms with Crippen molar-refractivity contribution >= 4 is 0 Å². The maximum absolute atomic E-state index is 6.33. The maximum atomic E-state index is 6.33. The second kappa shape index (κ2) is 5.16. The monoisotopic (exact) mass is 261 g/mol. The van der Waals surface area contributed by atoms with E-state index in [1.54, 1.807) is 0 Å². The van der Waals surface area contributed by atoms with Crippen LogP contribution in [0.4, 0.5) is 0 Å². The molecule has 0 bridgehead atoms. The van der Waals surface area contributed by atoms with E-state index in [1.807, 2.05) is 0 Å². The summed E-state index contributed by atoms with van der Waals surface area (Å²) in [5.74, 6) is 1.04. The lowest BCUT2D eigenvalue weighted by Gasteiger charge is -2.53. The van der Waals surface area contributed by atoms with Gasteiger partial charge in [-0.15, -0.1) is 0 Å². The standard InChI is InChI=1S/C17H27NO/c1-6-17(7-2)15(18)10-16(17)19-14-9-11(3)8-12(4)13(14)5/h8-9,15-16H,6-7,10,18H2,1-5H3. The van der Waals surface area contributed by atoms with Gasteiger partial charge in [-0.05, 0) is 56.4 Å². The highest BCUT2D eigenvalue weighted by Crippen LogP contribution is 2.48. The van der Waals surface area contributed by atoms with Gasteiger partial charge in [0, 0.05) is 17.9 Å². The van der Waals surface area contributed by atoms with Crippen LogP contribution in [0.1, 0.15) is 49.8 Å². The van der Waals surface area contributed by atoms with Crippen LogP contribution in [0.3, 0.4) is 0 Å². The van der Waals surface area contributed by atoms with E-state index >= 15 is 0 Å². The minimum Gasteiger partial charge on any atom is -0.489 e. The summed E-state index contributed by atoms with van der Waals surface area (Å²) in [6.07, 6.45) is 3.45. The minimum atomic E-state index is 0.171. The van der Waals surface area contributed by atoms with E-state index in [4.69, 9.17) is 10.5 Å². The van der Waals surface area contributed by atoms with Crippen molar-refractivity contribution in [2.24, 2.45) is 11.1 Å². The molecule has 2 nitrogen and oxygen atoms in total. The Bertz CT molecular complexity index is 463. The van der Waals surface area contributed by atoms with Gasteiger partial charge in [-0.1, -0.05) is 19.9 Å². The van der Waals surface area contributed by atoms with Crippen molar-refractivity contribution in [3.63, 3.8) is 0 Å². The number of aryl methyl sites for hydroxylation is 2. The quantitative estimate of drug-likeness (QED) is 0.892. The molecule has 0 aromatic heterocycles. The number of ether oxygens (including phenoxy) is 1. The molecule has 2 N–H and O–H groups in total. The third kappa shape index (κ3) is 2.27. The van der Waals surface area contributed by atoms with E-state index in [9.17, 15) is 0 Å². The van der Waals surface area contributed by atoms with Crippen LogP contribution in [0.2, 0.25) is 0 Å². The Morgan fingerprint density at radius 3 is 2.37 bits per heavy atom. The predicted molar refractivity (Wildman–Crippen MR) is 80.7 cm³/mol. The molecule has 0 aliphatic heterocycles. The van der Waals surface area contributed by atoms with Crippen LogP contribution >= 0.6 is 0 Å². The molecule has 2 atom stereocenters. The van der Waals surface area contributed by atoms with Crippen molar-refractivity contribution in [2.75, 3.05) is 0 Å². The van der Waals surface area contributed by atoms with Crippen LogP contribution in [0, 0.1) is 26.2 Å². The maximum Gasteiger partial charge on any atom is 0.123 e. The summed E-state index contributed by atoms with van der Waals surface area (Å²) >= 11 is 0. The topological polar surface area (TPSA) is 35.2 Å². The van der Waals surface area contributed by atoms with Gasteiger partial charge in [0.15, 0.2) is 0 Å². The number of benzene rings is 1. The molecule has 0 radical (unpaired) electrons. The first-order valence-electron chi connectivity index (χ1n) is 7.44. The Morgan fingerprint density at radius 2 is 1.84 bits per heavy atom. The van der Waals surface area contributed by atoms with Crippen LogP contribution in [-0.2, 0) is 0 Å². The summed E-state index contributed by atoms with van der Waals surface area (Å²) in [6, 6.07) is 4.66. The van der Waals surface area contributed by atoms with Crippen LogP contribution in [-0.4, -0.2) is 12.1 Å². The van der Waals surface area contributed by atoms with E-state index in [2.05, 4.69) is 46.8 Å². The van der Waals surface area contributed by atoms with Crippen LogP contribution < -0.4 is 10.5 Å². The molecule has 0 amide bonds. The van der Waals surface area contributed by atoms with Gasteiger partial charge >= 0.3 is 0 Å². The fourth-order valence-electron chi connectivity index (χ4n) is 3.45. The predicted octanol–water partition coefficient (Wildman–Crippen LogP) is 3.90. The van der Waals surface area contributed by atoms with E-state index in [0.717, 1.165) is 25.0 Å². The molecule has 2 rings (SSSR count). The summed E-state index contributed by atoms with van der Waals surface area (Å²) in [6.45, 7) is 10.9. The van der Waals surface area contributed by atoms with Crippen molar-refractivity contribution in [1.82, 2.24) is 0 Å². The number of nitrogens with two attached hydrogens (primary N) is 1. The number of hydrogen-bond acceptors (Lipinski definition) is 2. The molecule has 1 aliphatic carbocycles. The first-order chi connectivity index (χ1) is 8.94. The molecular weight excluding hydrogens is 234 g/mol. The smallest absolute Gasteiger partial charge is 0.123 e. The Hall–Kier alpha value is -1.02. The Balaban J connectivity index is 2.23. The Labute approximate surface area is 117 Å². The molecule has 2 heteroatoms. The van der Waals surface area contributed by atoms with E-state index in [-0.39, 0.29) is 11.5 Å². The zero-order valence-electron chi connectivity index (χ0n) is 12.9. The molecule has 1 saturated carbocycles. The van der Waals surface area contributed by atoms with Gasteiger partial charge in [0.05, 0.1) is 0 Å². The van der Waals surface area contributed by atoms with Gasteiger partial charge in [-0.25, -0.2) is 0 Å². The molecule has 1 aromatic carbocycles. The molecule has 1 aromatic rings. The van der Waals surface area contributed by atoms with Crippen molar-refractivity contribution in [1.29, 1.82) is 0 Å². The average Bonchev–Trinajstić information content (AvgIpc) is 2.36. The van der Waals surface area contributed by atoms with Crippen LogP contribution in [0.15, 0.2) is 12.1 Å². The van der Waals surface area contributed by atoms with Gasteiger partial charge in [0.25, 0.3) is 0 Å². The number of rotatable bonds is 4. The lowest BCUT2D eigenvalue weighted by atomic mass is 9.59. The molecule has 1 fully saturated rings. The van der Waals surface area contributed by atoms with Crippen molar-refractivity contribution < 1.29 is 4.74 Å². The summed E-state index contributed by atoms with van der Waals surface area (Å²) in [7, 11) is 0. The van der Waals surface area contributed by atoms with Gasteiger partial charge in [-0.3, -0.25) is 0 Å². The molecule has 0 saturated heterocycles. The highest BCUT2D eigenvalue weighted by atomic mass is 16.5. The fraction of sp³-hybridized carbons (Fsp3) is 0.647. The lowest BCUT2D eigenvalue weighted by molar-refractivity contribution is -0.0725. The van der Waals surface area contributed by atoms with Crippen LogP contribution in [0.25, 0.3) is 0 Å². The molecule has 106 valence electrons. The van der Waals surface area contributed by atoms with E-state index < -0.39 is 0 Å². The van der Waals surface area contributed by atoms with E-state index in [1.165, 1.54) is 16.7 Å². The van der Waals surface area contributed by atoms with Gasteiger partial charge < -0.3 is 10.5 Å². The molecule has 19 heavy (non-hydrogen) atoms. The van der Waals surface area contributed by atoms with Gasteiger partial charge in [0.1, 0.15) is 11.9 Å². The highest BCUT2D eigenvalue weighted by molar-refractivity contribution is 5.42. The second-order valence-corrected chi connectivity index (χ2v) is 6.09. The van der Waals surface area contributed by atoms with Gasteiger partial charge in [-0.2, -0.15) is 0 Å². The van der Waals surface area contributed by atoms with Crippen molar-refractivity contribution in [3.8, 4) is 5.75 Å². The fourth-order valence-corrected chi connectivity index (χ4v) is 3.45. The SMILES string of the molecule is CCC1(CC)C(N)CC1Oc1cc(C)cc(C)c1C. The normalized spacial score (nSPS) is 24.9. The zero-order valence-corrected chi connectivity index (χ0v) is 12.9.